The molecule has 2 aliphatic heterocycles. The Morgan fingerprint density at radius 1 is 1.00 bits per heavy atom. The zero-order chi connectivity index (χ0) is 16.1. The molecule has 2 aromatic rings. The molecule has 0 saturated carbocycles. The van der Waals surface area contributed by atoms with Crippen LogP contribution in [0.4, 0.5) is 11.4 Å². The lowest BCUT2D eigenvalue weighted by molar-refractivity contribution is -0.137. The highest BCUT2D eigenvalue weighted by Crippen LogP contribution is 2.42. The van der Waals surface area contributed by atoms with Crippen LogP contribution >= 0.6 is 0 Å². The van der Waals surface area contributed by atoms with Crippen molar-refractivity contribution >= 4 is 17.3 Å². The Kier molecular flexibility index (Phi) is 3.08. The summed E-state index contributed by atoms with van der Waals surface area (Å²) >= 11 is 0. The van der Waals surface area contributed by atoms with Gasteiger partial charge in [-0.1, -0.05) is 35.4 Å². The van der Waals surface area contributed by atoms with Crippen LogP contribution in [0.3, 0.4) is 0 Å². The van der Waals surface area contributed by atoms with E-state index < -0.39 is 5.97 Å². The minimum absolute atomic E-state index is 0.113. The van der Waals surface area contributed by atoms with Crippen molar-refractivity contribution in [3.05, 3.63) is 58.7 Å². The second-order valence-corrected chi connectivity index (χ2v) is 6.60. The first-order chi connectivity index (χ1) is 11.0. The second kappa shape index (κ2) is 5.01. The average Bonchev–Trinajstić information content (AvgIpc) is 2.47. The molecule has 23 heavy (non-hydrogen) atoms. The highest BCUT2D eigenvalue weighted by atomic mass is 16.4. The summed E-state index contributed by atoms with van der Waals surface area (Å²) in [5.41, 5.74) is 7.38. The zero-order valence-corrected chi connectivity index (χ0v) is 13.4. The standard InChI is InChI=1S/C19H20N2O2/c1-12-3-5-16-14(7-12)10-20-17-6-4-13(2)8-15(17)11-21(16)18(20)9-19(22)23/h3-8,18H,9-11H2,1-2H3,(H,22,23). The van der Waals surface area contributed by atoms with E-state index >= 15 is 0 Å². The number of carbonyl (C=O) groups is 1. The molecule has 1 N–H and O–H groups in total. The van der Waals surface area contributed by atoms with E-state index in [1.165, 1.54) is 33.6 Å². The Morgan fingerprint density at radius 2 is 1.48 bits per heavy atom. The number of aliphatic carboxylic acids is 1. The third kappa shape index (κ3) is 2.25. The van der Waals surface area contributed by atoms with Crippen molar-refractivity contribution < 1.29 is 9.90 Å². The Labute approximate surface area is 136 Å². The van der Waals surface area contributed by atoms with Gasteiger partial charge in [-0.15, -0.1) is 0 Å². The first-order valence-electron chi connectivity index (χ1n) is 7.97. The van der Waals surface area contributed by atoms with Gasteiger partial charge in [0.15, 0.2) is 0 Å². The van der Waals surface area contributed by atoms with Gasteiger partial charge in [-0.25, -0.2) is 0 Å². The molecule has 0 radical (unpaired) electrons. The third-order valence-electron chi connectivity index (χ3n) is 4.85. The van der Waals surface area contributed by atoms with Crippen molar-refractivity contribution in [1.82, 2.24) is 0 Å². The summed E-state index contributed by atoms with van der Waals surface area (Å²) in [6.45, 7) is 5.73. The molecule has 0 unspecified atom stereocenters. The molecule has 4 nitrogen and oxygen atoms in total. The van der Waals surface area contributed by atoms with Crippen LogP contribution in [0.1, 0.15) is 28.7 Å². The van der Waals surface area contributed by atoms with E-state index in [0.717, 1.165) is 13.1 Å². The first kappa shape index (κ1) is 14.1. The van der Waals surface area contributed by atoms with E-state index in [4.69, 9.17) is 0 Å². The molecule has 0 saturated heterocycles. The molecule has 0 aliphatic carbocycles. The Bertz CT molecular complexity index is 740. The number of anilines is 2. The van der Waals surface area contributed by atoms with Gasteiger partial charge < -0.3 is 14.9 Å². The van der Waals surface area contributed by atoms with Gasteiger partial charge >= 0.3 is 5.97 Å². The van der Waals surface area contributed by atoms with Gasteiger partial charge in [0.05, 0.1) is 6.42 Å². The van der Waals surface area contributed by atoms with Crippen molar-refractivity contribution in [3.8, 4) is 0 Å². The second-order valence-electron chi connectivity index (χ2n) is 6.60. The minimum atomic E-state index is -0.754. The predicted molar refractivity (Wildman–Crippen MR) is 90.8 cm³/mol. The molecule has 0 spiro atoms. The topological polar surface area (TPSA) is 43.8 Å². The van der Waals surface area contributed by atoms with Crippen molar-refractivity contribution in [2.75, 3.05) is 9.80 Å². The van der Waals surface area contributed by atoms with Gasteiger partial charge in [0.1, 0.15) is 6.17 Å². The SMILES string of the molecule is Cc1ccc2c(c1)CN1c3ccc(C)cc3CN2C1CC(=O)O. The van der Waals surface area contributed by atoms with E-state index in [9.17, 15) is 9.90 Å². The summed E-state index contributed by atoms with van der Waals surface area (Å²) < 4.78 is 0. The summed E-state index contributed by atoms with van der Waals surface area (Å²) in [6, 6.07) is 12.9. The lowest BCUT2D eigenvalue weighted by atomic mass is 9.95. The third-order valence-corrected chi connectivity index (χ3v) is 4.85. The maximum atomic E-state index is 11.4. The van der Waals surface area contributed by atoms with Gasteiger partial charge in [0, 0.05) is 24.5 Å². The quantitative estimate of drug-likeness (QED) is 0.923. The van der Waals surface area contributed by atoms with Crippen LogP contribution in [0.2, 0.25) is 0 Å². The van der Waals surface area contributed by atoms with Crippen LogP contribution in [0.15, 0.2) is 36.4 Å². The molecule has 2 heterocycles. The summed E-state index contributed by atoms with van der Waals surface area (Å²) in [4.78, 5) is 15.9. The summed E-state index contributed by atoms with van der Waals surface area (Å²) in [5.74, 6) is -0.754. The van der Waals surface area contributed by atoms with E-state index in [1.807, 2.05) is 0 Å². The first-order valence-corrected chi connectivity index (χ1v) is 7.97. The van der Waals surface area contributed by atoms with E-state index in [0.29, 0.717) is 0 Å². The highest BCUT2D eigenvalue weighted by molar-refractivity contribution is 5.75. The molecule has 2 bridgehead atoms. The predicted octanol–water partition coefficient (Wildman–Crippen LogP) is 3.44. The molecule has 2 aromatic carbocycles. The van der Waals surface area contributed by atoms with Crippen LogP contribution in [0.5, 0.6) is 0 Å². The Balaban J connectivity index is 1.86. The highest BCUT2D eigenvalue weighted by Gasteiger charge is 2.38. The molecule has 0 amide bonds. The smallest absolute Gasteiger partial charge is 0.307 e. The number of rotatable bonds is 2. The lowest BCUT2D eigenvalue weighted by Gasteiger charge is -2.51. The fraction of sp³-hybridized carbons (Fsp3) is 0.316. The van der Waals surface area contributed by atoms with Crippen LogP contribution < -0.4 is 9.80 Å². The largest absolute Gasteiger partial charge is 0.481 e. The lowest BCUT2D eigenvalue weighted by Crippen LogP contribution is -2.55. The van der Waals surface area contributed by atoms with Gasteiger partial charge in [-0.05, 0) is 37.1 Å². The monoisotopic (exact) mass is 308 g/mol. The Hall–Kier alpha value is -2.49. The number of carboxylic acids is 1. The summed E-state index contributed by atoms with van der Waals surface area (Å²) in [7, 11) is 0. The van der Waals surface area contributed by atoms with Crippen LogP contribution in [0.25, 0.3) is 0 Å². The number of nitrogens with zero attached hydrogens (tertiary/aromatic N) is 2. The molecular formula is C19H20N2O2. The normalized spacial score (nSPS) is 16.1. The molecular weight excluding hydrogens is 288 g/mol. The van der Waals surface area contributed by atoms with Gasteiger partial charge in [-0.3, -0.25) is 4.79 Å². The number of hydrogen-bond donors (Lipinski definition) is 1. The summed E-state index contributed by atoms with van der Waals surface area (Å²) in [6.07, 6.45) is 0.0126. The molecule has 4 heteroatoms. The van der Waals surface area contributed by atoms with Crippen molar-refractivity contribution in [1.29, 1.82) is 0 Å². The molecule has 0 fully saturated rings. The van der Waals surface area contributed by atoms with Crippen molar-refractivity contribution in [3.63, 3.8) is 0 Å². The number of benzene rings is 2. The fourth-order valence-electron chi connectivity index (χ4n) is 3.86. The maximum absolute atomic E-state index is 11.4. The molecule has 118 valence electrons. The molecule has 2 aliphatic rings. The Morgan fingerprint density at radius 3 is 1.91 bits per heavy atom. The van der Waals surface area contributed by atoms with Crippen LogP contribution in [-0.2, 0) is 17.9 Å². The minimum Gasteiger partial charge on any atom is -0.481 e. The number of fused-ring (bicyclic) bond motifs is 6. The van der Waals surface area contributed by atoms with E-state index in [2.05, 4.69) is 60.0 Å². The van der Waals surface area contributed by atoms with Crippen LogP contribution in [-0.4, -0.2) is 17.2 Å². The van der Waals surface area contributed by atoms with E-state index in [1.54, 1.807) is 0 Å². The number of hydrogen-bond acceptors (Lipinski definition) is 3. The molecule has 4 rings (SSSR count). The van der Waals surface area contributed by atoms with Crippen molar-refractivity contribution in [2.45, 2.75) is 39.5 Å². The van der Waals surface area contributed by atoms with Gasteiger partial charge in [0.25, 0.3) is 0 Å². The maximum Gasteiger partial charge on any atom is 0.307 e. The number of aryl methyl sites for hydroxylation is 2. The van der Waals surface area contributed by atoms with Gasteiger partial charge in [0.2, 0.25) is 0 Å². The fourth-order valence-corrected chi connectivity index (χ4v) is 3.86. The average molecular weight is 308 g/mol. The number of carboxylic acid groups (broad SMARTS) is 1. The van der Waals surface area contributed by atoms with Crippen molar-refractivity contribution in [2.24, 2.45) is 0 Å². The van der Waals surface area contributed by atoms with Crippen LogP contribution in [0, 0.1) is 13.8 Å². The van der Waals surface area contributed by atoms with E-state index in [-0.39, 0.29) is 12.6 Å². The van der Waals surface area contributed by atoms with Gasteiger partial charge in [-0.2, -0.15) is 0 Å². The summed E-state index contributed by atoms with van der Waals surface area (Å²) in [5, 5.41) is 9.35. The molecule has 0 atom stereocenters. The molecule has 0 aromatic heterocycles. The zero-order valence-electron chi connectivity index (χ0n) is 13.4.